The van der Waals surface area contributed by atoms with Crippen molar-refractivity contribution in [3.05, 3.63) is 30.4 Å². The van der Waals surface area contributed by atoms with E-state index in [1.54, 1.807) is 0 Å². The zero-order valence-corrected chi connectivity index (χ0v) is 12.8. The van der Waals surface area contributed by atoms with Crippen molar-refractivity contribution in [2.24, 2.45) is 5.92 Å². The van der Waals surface area contributed by atoms with Gasteiger partial charge in [-0.1, -0.05) is 20.8 Å². The summed E-state index contributed by atoms with van der Waals surface area (Å²) >= 11 is 0. The molecule has 0 aliphatic heterocycles. The molecular weight excluding hydrogens is 302 g/mol. The van der Waals surface area contributed by atoms with Gasteiger partial charge in [-0.3, -0.25) is 0 Å². The van der Waals surface area contributed by atoms with E-state index in [4.69, 9.17) is 18.4 Å². The minimum absolute atomic E-state index is 0.0664. The molecule has 3 aromatic heterocycles. The van der Waals surface area contributed by atoms with Crippen molar-refractivity contribution in [2.75, 3.05) is 0 Å². The first kappa shape index (κ1) is 15.0. The molecule has 0 saturated carbocycles. The number of hydrogen-bond acceptors (Lipinski definition) is 7. The average Bonchev–Trinajstić information content (AvgIpc) is 3.24. The summed E-state index contributed by atoms with van der Waals surface area (Å²) in [7, 11) is 0. The number of carboxylic acid groups (broad SMARTS) is 1. The maximum Gasteiger partial charge on any atom is 0.357 e. The van der Waals surface area contributed by atoms with Crippen LogP contribution < -0.4 is 0 Å². The summed E-state index contributed by atoms with van der Waals surface area (Å²) in [6.45, 7) is 6.20. The van der Waals surface area contributed by atoms with Crippen LogP contribution in [0.1, 0.15) is 43.1 Å². The quantitative estimate of drug-likeness (QED) is 0.760. The SMILES string of the molecule is CC(C)C(C)c1nc(-c2nc(-c3nc(C(=O)O)co3)co2)co1. The predicted octanol–water partition coefficient (Wildman–Crippen LogP) is 3.44. The molecule has 1 atom stereocenters. The molecule has 0 spiro atoms. The van der Waals surface area contributed by atoms with Gasteiger partial charge in [0.1, 0.15) is 18.8 Å². The molecule has 1 unspecified atom stereocenters. The molecule has 3 heterocycles. The summed E-state index contributed by atoms with van der Waals surface area (Å²) in [6, 6.07) is 0. The lowest BCUT2D eigenvalue weighted by atomic mass is 9.98. The Morgan fingerprint density at radius 1 is 0.957 bits per heavy atom. The molecule has 0 bridgehead atoms. The molecule has 3 rings (SSSR count). The van der Waals surface area contributed by atoms with Crippen LogP contribution in [0.25, 0.3) is 23.2 Å². The molecule has 1 N–H and O–H groups in total. The van der Waals surface area contributed by atoms with E-state index in [1.165, 1.54) is 12.5 Å². The summed E-state index contributed by atoms with van der Waals surface area (Å²) in [6.07, 6.45) is 3.85. The van der Waals surface area contributed by atoms with Gasteiger partial charge >= 0.3 is 5.97 Å². The maximum atomic E-state index is 10.8. The molecule has 8 nitrogen and oxygen atoms in total. The lowest BCUT2D eigenvalue weighted by Crippen LogP contribution is -2.02. The minimum atomic E-state index is -1.17. The van der Waals surface area contributed by atoms with E-state index in [-0.39, 0.29) is 29.1 Å². The van der Waals surface area contributed by atoms with Gasteiger partial charge in [0.25, 0.3) is 0 Å². The number of nitrogens with zero attached hydrogens (tertiary/aromatic N) is 3. The zero-order valence-electron chi connectivity index (χ0n) is 12.8. The summed E-state index contributed by atoms with van der Waals surface area (Å²) in [5.74, 6) is 0.315. The molecule has 0 radical (unpaired) electrons. The van der Waals surface area contributed by atoms with Crippen LogP contribution in [0.3, 0.4) is 0 Å². The third kappa shape index (κ3) is 2.87. The predicted molar refractivity (Wildman–Crippen MR) is 77.7 cm³/mol. The van der Waals surface area contributed by atoms with Crippen molar-refractivity contribution in [1.82, 2.24) is 15.0 Å². The smallest absolute Gasteiger partial charge is 0.357 e. The Kier molecular flexibility index (Phi) is 3.73. The van der Waals surface area contributed by atoms with Crippen molar-refractivity contribution >= 4 is 5.97 Å². The number of aromatic nitrogens is 3. The Morgan fingerprint density at radius 2 is 1.57 bits per heavy atom. The third-order valence-electron chi connectivity index (χ3n) is 3.58. The largest absolute Gasteiger partial charge is 0.476 e. The molecule has 0 saturated heterocycles. The Balaban J connectivity index is 1.85. The number of hydrogen-bond donors (Lipinski definition) is 1. The number of carbonyl (C=O) groups is 1. The highest BCUT2D eigenvalue weighted by molar-refractivity contribution is 5.85. The lowest BCUT2D eigenvalue weighted by Gasteiger charge is -2.09. The summed E-state index contributed by atoms with van der Waals surface area (Å²) in [4.78, 5) is 23.2. The zero-order chi connectivity index (χ0) is 16.6. The fraction of sp³-hybridized carbons (Fsp3) is 0.333. The number of carboxylic acids is 1. The van der Waals surface area contributed by atoms with E-state index in [0.29, 0.717) is 17.5 Å². The van der Waals surface area contributed by atoms with Gasteiger partial charge in [-0.25, -0.2) is 19.7 Å². The second kappa shape index (κ2) is 5.71. The first-order valence-electron chi connectivity index (χ1n) is 7.06. The van der Waals surface area contributed by atoms with Crippen LogP contribution in [0.15, 0.2) is 32.0 Å². The lowest BCUT2D eigenvalue weighted by molar-refractivity contribution is 0.0690. The summed E-state index contributed by atoms with van der Waals surface area (Å²) in [5.41, 5.74) is 0.553. The second-order valence-corrected chi connectivity index (χ2v) is 5.48. The van der Waals surface area contributed by atoms with Crippen molar-refractivity contribution in [3.8, 4) is 23.2 Å². The normalized spacial score (nSPS) is 12.7. The van der Waals surface area contributed by atoms with Gasteiger partial charge in [0.05, 0.1) is 0 Å². The van der Waals surface area contributed by atoms with Crippen molar-refractivity contribution < 1.29 is 23.2 Å². The van der Waals surface area contributed by atoms with Crippen LogP contribution in [0, 0.1) is 5.92 Å². The Hall–Kier alpha value is -2.90. The first-order chi connectivity index (χ1) is 11.0. The molecule has 23 heavy (non-hydrogen) atoms. The van der Waals surface area contributed by atoms with Gasteiger partial charge in [-0.2, -0.15) is 0 Å². The molecular formula is C15H15N3O5. The summed E-state index contributed by atoms with van der Waals surface area (Å²) < 4.78 is 15.9. The van der Waals surface area contributed by atoms with Crippen LogP contribution in [-0.2, 0) is 0 Å². The first-order valence-corrected chi connectivity index (χ1v) is 7.06. The van der Waals surface area contributed by atoms with Gasteiger partial charge in [0.15, 0.2) is 23.0 Å². The highest BCUT2D eigenvalue weighted by Crippen LogP contribution is 2.28. The van der Waals surface area contributed by atoms with Crippen molar-refractivity contribution in [3.63, 3.8) is 0 Å². The van der Waals surface area contributed by atoms with Crippen molar-refractivity contribution in [2.45, 2.75) is 26.7 Å². The Labute approximate surface area is 131 Å². The van der Waals surface area contributed by atoms with Crippen LogP contribution >= 0.6 is 0 Å². The second-order valence-electron chi connectivity index (χ2n) is 5.48. The van der Waals surface area contributed by atoms with E-state index in [0.717, 1.165) is 6.26 Å². The van der Waals surface area contributed by atoms with E-state index < -0.39 is 5.97 Å². The topological polar surface area (TPSA) is 115 Å². The van der Waals surface area contributed by atoms with Gasteiger partial charge in [-0.15, -0.1) is 0 Å². The van der Waals surface area contributed by atoms with E-state index >= 15 is 0 Å². The van der Waals surface area contributed by atoms with Crippen LogP contribution in [0.2, 0.25) is 0 Å². The molecule has 0 fully saturated rings. The number of aromatic carboxylic acids is 1. The maximum absolute atomic E-state index is 10.8. The van der Waals surface area contributed by atoms with Crippen LogP contribution in [0.4, 0.5) is 0 Å². The van der Waals surface area contributed by atoms with Crippen LogP contribution in [-0.4, -0.2) is 26.0 Å². The fourth-order valence-electron chi connectivity index (χ4n) is 1.86. The molecule has 3 aromatic rings. The van der Waals surface area contributed by atoms with E-state index in [1.807, 2.05) is 6.92 Å². The molecule has 0 aromatic carbocycles. The molecule has 0 aliphatic carbocycles. The Bertz CT molecular complexity index is 830. The monoisotopic (exact) mass is 317 g/mol. The van der Waals surface area contributed by atoms with Gasteiger partial charge in [-0.05, 0) is 5.92 Å². The number of oxazole rings is 3. The van der Waals surface area contributed by atoms with E-state index in [9.17, 15) is 4.79 Å². The molecule has 0 amide bonds. The summed E-state index contributed by atoms with van der Waals surface area (Å²) in [5, 5.41) is 8.84. The minimum Gasteiger partial charge on any atom is -0.476 e. The third-order valence-corrected chi connectivity index (χ3v) is 3.58. The standard InChI is InChI=1S/C15H15N3O5/c1-7(2)8(3)12-16-9(4-21-12)13-17-10(5-22-13)14-18-11(6-23-14)15(19)20/h4-8H,1-3H3,(H,19,20). The number of rotatable bonds is 5. The van der Waals surface area contributed by atoms with E-state index in [2.05, 4.69) is 28.8 Å². The van der Waals surface area contributed by atoms with Crippen molar-refractivity contribution in [1.29, 1.82) is 0 Å². The van der Waals surface area contributed by atoms with Crippen LogP contribution in [0.5, 0.6) is 0 Å². The molecule has 120 valence electrons. The van der Waals surface area contributed by atoms with Gasteiger partial charge in [0.2, 0.25) is 11.8 Å². The molecule has 0 aliphatic rings. The van der Waals surface area contributed by atoms with Gasteiger partial charge in [0, 0.05) is 5.92 Å². The highest BCUT2D eigenvalue weighted by Gasteiger charge is 2.20. The fourth-order valence-corrected chi connectivity index (χ4v) is 1.86. The average molecular weight is 317 g/mol. The molecule has 8 heteroatoms. The Morgan fingerprint density at radius 3 is 2.22 bits per heavy atom. The van der Waals surface area contributed by atoms with Gasteiger partial charge < -0.3 is 18.4 Å². The highest BCUT2D eigenvalue weighted by atomic mass is 16.4.